The molecule has 24 heavy (non-hydrogen) atoms. The van der Waals surface area contributed by atoms with Crippen LogP contribution < -0.4 is 0 Å². The molecule has 0 spiro atoms. The van der Waals surface area contributed by atoms with E-state index in [-0.39, 0.29) is 18.9 Å². The predicted molar refractivity (Wildman–Crippen MR) is 99.4 cm³/mol. The van der Waals surface area contributed by atoms with Crippen LogP contribution in [0.1, 0.15) is 97.3 Å². The van der Waals surface area contributed by atoms with E-state index in [1.165, 1.54) is 57.8 Å². The minimum Gasteiger partial charge on any atom is -0.274 e. The van der Waals surface area contributed by atoms with Gasteiger partial charge in [-0.25, -0.2) is 0 Å². The highest BCUT2D eigenvalue weighted by molar-refractivity contribution is 7.87. The van der Waals surface area contributed by atoms with Gasteiger partial charge in [0, 0.05) is 19.0 Å². The Kier molecular flexibility index (Phi) is 8.02. The monoisotopic (exact) mass is 359 g/mol. The van der Waals surface area contributed by atoms with E-state index in [0.29, 0.717) is 6.04 Å². The van der Waals surface area contributed by atoms with Crippen LogP contribution in [0.4, 0.5) is 0 Å². The summed E-state index contributed by atoms with van der Waals surface area (Å²) < 4.78 is 30.6. The van der Waals surface area contributed by atoms with Crippen molar-refractivity contribution in [2.75, 3.05) is 6.54 Å². The fourth-order valence-electron chi connectivity index (χ4n) is 4.41. The highest BCUT2D eigenvalue weighted by atomic mass is 32.2. The Hall–Kier alpha value is -0.130. The van der Waals surface area contributed by atoms with Gasteiger partial charge >= 0.3 is 0 Å². The summed E-state index contributed by atoms with van der Waals surface area (Å²) in [7, 11) is -3.38. The van der Waals surface area contributed by atoms with Crippen molar-refractivity contribution in [2.24, 2.45) is 0 Å². The molecule has 2 bridgehead atoms. The maximum atomic E-state index is 12.5. The highest BCUT2D eigenvalue weighted by Crippen LogP contribution is 2.35. The van der Waals surface area contributed by atoms with Crippen LogP contribution in [0.3, 0.4) is 0 Å². The van der Waals surface area contributed by atoms with Crippen LogP contribution in [0, 0.1) is 0 Å². The van der Waals surface area contributed by atoms with Crippen molar-refractivity contribution in [3.63, 3.8) is 0 Å². The second-order valence-corrected chi connectivity index (χ2v) is 9.54. The van der Waals surface area contributed by atoms with Crippen LogP contribution in [0.15, 0.2) is 0 Å². The number of hydrogen-bond donors (Lipinski definition) is 0. The second-order valence-electron chi connectivity index (χ2n) is 7.69. The molecule has 3 rings (SSSR count). The smallest absolute Gasteiger partial charge is 0.271 e. The minimum atomic E-state index is -3.38. The summed E-state index contributed by atoms with van der Waals surface area (Å²) >= 11 is 0. The van der Waals surface area contributed by atoms with Crippen molar-refractivity contribution in [2.45, 2.75) is 115 Å². The quantitative estimate of drug-likeness (QED) is 0.581. The fourth-order valence-corrected chi connectivity index (χ4v) is 5.99. The molecule has 2 aliphatic heterocycles. The molecular weight excluding hydrogens is 322 g/mol. The second kappa shape index (κ2) is 9.54. The summed E-state index contributed by atoms with van der Waals surface area (Å²) in [5.74, 6) is 0. The lowest BCUT2D eigenvalue weighted by atomic mass is 9.96. The van der Waals surface area contributed by atoms with E-state index in [1.54, 1.807) is 0 Å². The number of nitrogens with zero attached hydrogens (tertiary/aromatic N) is 1. The Bertz CT molecular complexity index is 465. The molecule has 0 amide bonds. The van der Waals surface area contributed by atoms with Gasteiger partial charge in [-0.1, -0.05) is 71.6 Å². The SMILES string of the molecule is C.O=S1(=O)OC2CCN2C2CCCCCCCCCCCCC1C2. The number of rotatable bonds is 0. The van der Waals surface area contributed by atoms with E-state index in [4.69, 9.17) is 4.18 Å². The van der Waals surface area contributed by atoms with Gasteiger partial charge in [0.1, 0.15) is 6.23 Å². The first-order valence-electron chi connectivity index (χ1n) is 9.85. The van der Waals surface area contributed by atoms with E-state index < -0.39 is 10.1 Å². The van der Waals surface area contributed by atoms with E-state index in [9.17, 15) is 8.42 Å². The van der Waals surface area contributed by atoms with Gasteiger partial charge in [0.05, 0.1) is 5.25 Å². The third-order valence-electron chi connectivity index (χ3n) is 5.98. The number of hydrogen-bond acceptors (Lipinski definition) is 4. The molecule has 0 aromatic rings. The van der Waals surface area contributed by atoms with Gasteiger partial charge < -0.3 is 0 Å². The van der Waals surface area contributed by atoms with Crippen LogP contribution >= 0.6 is 0 Å². The van der Waals surface area contributed by atoms with Gasteiger partial charge in [-0.2, -0.15) is 8.42 Å². The van der Waals surface area contributed by atoms with Crippen LogP contribution in [0.2, 0.25) is 0 Å². The van der Waals surface area contributed by atoms with Crippen molar-refractivity contribution in [3.8, 4) is 0 Å². The van der Waals surface area contributed by atoms with Crippen LogP contribution in [-0.4, -0.2) is 37.4 Å². The van der Waals surface area contributed by atoms with Gasteiger partial charge in [0.15, 0.2) is 0 Å². The Morgan fingerprint density at radius 3 is 1.83 bits per heavy atom. The summed E-state index contributed by atoms with van der Waals surface area (Å²) in [4.78, 5) is 2.32. The average molecular weight is 360 g/mol. The third kappa shape index (κ3) is 5.18. The molecule has 0 aromatic carbocycles. The first kappa shape index (κ1) is 20.2. The normalized spacial score (nSPS) is 35.9. The van der Waals surface area contributed by atoms with E-state index in [1.807, 2.05) is 0 Å². The van der Waals surface area contributed by atoms with Crippen molar-refractivity contribution in [1.29, 1.82) is 0 Å². The molecule has 3 fully saturated rings. The van der Waals surface area contributed by atoms with Gasteiger partial charge in [0.2, 0.25) is 0 Å². The molecule has 2 heterocycles. The standard InChI is InChI=1S/C18H33NO3S.CH4/c20-23(21)17-12-10-8-6-4-2-1-3-5-7-9-11-16(15-17)19-14-13-18(19)22-23;/h16-18H,1-15H2;1H4. The lowest BCUT2D eigenvalue weighted by molar-refractivity contribution is -0.0744. The summed E-state index contributed by atoms with van der Waals surface area (Å²) in [6.45, 7) is 1.01. The summed E-state index contributed by atoms with van der Waals surface area (Å²) in [5, 5.41) is -0.275. The van der Waals surface area contributed by atoms with E-state index in [0.717, 1.165) is 38.6 Å². The maximum Gasteiger partial charge on any atom is 0.271 e. The molecule has 0 radical (unpaired) electrons. The van der Waals surface area contributed by atoms with Crippen molar-refractivity contribution >= 4 is 10.1 Å². The number of fused-ring (bicyclic) bond motifs is 4. The molecule has 0 aromatic heterocycles. The van der Waals surface area contributed by atoms with Crippen LogP contribution in [0.25, 0.3) is 0 Å². The largest absolute Gasteiger partial charge is 0.274 e. The molecule has 5 heteroatoms. The van der Waals surface area contributed by atoms with Crippen LogP contribution in [0.5, 0.6) is 0 Å². The fraction of sp³-hybridized carbons (Fsp3) is 1.00. The molecule has 2 saturated heterocycles. The van der Waals surface area contributed by atoms with Crippen molar-refractivity contribution in [3.05, 3.63) is 0 Å². The zero-order valence-electron chi connectivity index (χ0n) is 14.4. The lowest BCUT2D eigenvalue weighted by Gasteiger charge is -2.43. The molecule has 3 unspecified atom stereocenters. The first-order chi connectivity index (χ1) is 11.2. The molecule has 3 aliphatic rings. The molecule has 0 N–H and O–H groups in total. The summed E-state index contributed by atoms with van der Waals surface area (Å²) in [6.07, 6.45) is 16.2. The Labute approximate surface area is 149 Å². The Morgan fingerprint density at radius 2 is 1.29 bits per heavy atom. The zero-order chi connectivity index (χ0) is 16.1. The first-order valence-corrected chi connectivity index (χ1v) is 11.3. The average Bonchev–Trinajstić information content (AvgIpc) is 2.56. The van der Waals surface area contributed by atoms with Crippen LogP contribution in [-0.2, 0) is 14.3 Å². The van der Waals surface area contributed by atoms with Gasteiger partial charge in [0.25, 0.3) is 10.1 Å². The van der Waals surface area contributed by atoms with E-state index >= 15 is 0 Å². The molecular formula is C19H37NO3S. The minimum absolute atomic E-state index is 0. The molecule has 3 atom stereocenters. The van der Waals surface area contributed by atoms with Crippen molar-refractivity contribution < 1.29 is 12.6 Å². The van der Waals surface area contributed by atoms with Gasteiger partial charge in [-0.05, 0) is 19.3 Å². The molecule has 1 aliphatic carbocycles. The Balaban J connectivity index is 0.00000208. The molecule has 4 nitrogen and oxygen atoms in total. The summed E-state index contributed by atoms with van der Waals surface area (Å²) in [5.41, 5.74) is 0. The Morgan fingerprint density at radius 1 is 0.750 bits per heavy atom. The third-order valence-corrected chi connectivity index (χ3v) is 7.71. The van der Waals surface area contributed by atoms with Gasteiger partial charge in [-0.15, -0.1) is 0 Å². The van der Waals surface area contributed by atoms with Crippen molar-refractivity contribution in [1.82, 2.24) is 4.90 Å². The zero-order valence-corrected chi connectivity index (χ0v) is 15.2. The topological polar surface area (TPSA) is 46.6 Å². The molecule has 1 saturated carbocycles. The molecule has 142 valence electrons. The maximum absolute atomic E-state index is 12.5. The highest BCUT2D eigenvalue weighted by Gasteiger charge is 2.44. The van der Waals surface area contributed by atoms with E-state index in [2.05, 4.69) is 4.90 Å². The summed E-state index contributed by atoms with van der Waals surface area (Å²) in [6, 6.07) is 0.418. The predicted octanol–water partition coefficient (Wildman–Crippen LogP) is 4.84. The lowest BCUT2D eigenvalue weighted by Crippen LogP contribution is -2.53. The van der Waals surface area contributed by atoms with Gasteiger partial charge in [-0.3, -0.25) is 9.08 Å².